The molecule has 0 amide bonds. The first kappa shape index (κ1) is 15.7. The van der Waals surface area contributed by atoms with Crippen LogP contribution < -0.4 is 4.18 Å². The number of rotatable bonds is 4. The summed E-state index contributed by atoms with van der Waals surface area (Å²) < 4.78 is 34.7. The summed E-state index contributed by atoms with van der Waals surface area (Å²) >= 11 is 1.53. The molecule has 0 unspecified atom stereocenters. The molecule has 0 aliphatic rings. The topological polar surface area (TPSA) is 82.3 Å². The fourth-order valence-electron chi connectivity index (χ4n) is 2.14. The summed E-state index contributed by atoms with van der Waals surface area (Å²) in [6.45, 7) is 5.01. The molecule has 6 nitrogen and oxygen atoms in total. The minimum absolute atomic E-state index is 0.0304. The third-order valence-electron chi connectivity index (χ3n) is 3.14. The second-order valence-electron chi connectivity index (χ2n) is 5.01. The van der Waals surface area contributed by atoms with Crippen molar-refractivity contribution in [3.05, 3.63) is 46.8 Å². The minimum Gasteiger partial charge on any atom is -0.379 e. The maximum atomic E-state index is 12.3. The lowest BCUT2D eigenvalue weighted by Gasteiger charge is -2.06. The summed E-state index contributed by atoms with van der Waals surface area (Å²) in [4.78, 5) is 4.36. The average molecular weight is 350 g/mol. The molecule has 2 aromatic heterocycles. The van der Waals surface area contributed by atoms with E-state index in [2.05, 4.69) is 10.1 Å². The monoisotopic (exact) mass is 350 g/mol. The molecule has 0 aliphatic carbocycles. The molecule has 8 heteroatoms. The average Bonchev–Trinajstić information content (AvgIpc) is 3.06. The number of hydrogen-bond donors (Lipinski definition) is 0. The number of nitrogens with zero attached hydrogens (tertiary/aromatic N) is 2. The minimum atomic E-state index is -3.97. The molecule has 0 spiro atoms. The Kier molecular flexibility index (Phi) is 3.95. The molecule has 0 fully saturated rings. The Balaban J connectivity index is 1.86. The van der Waals surface area contributed by atoms with Gasteiger partial charge in [-0.3, -0.25) is 0 Å². The Hall–Kier alpha value is -2.19. The highest BCUT2D eigenvalue weighted by Gasteiger charge is 2.26. The van der Waals surface area contributed by atoms with Gasteiger partial charge in [-0.15, -0.1) is 11.3 Å². The zero-order chi connectivity index (χ0) is 16.6. The molecule has 0 radical (unpaired) electrons. The first-order valence-corrected chi connectivity index (χ1v) is 9.05. The van der Waals surface area contributed by atoms with Crippen LogP contribution in [0.3, 0.4) is 0 Å². The fourth-order valence-corrected chi connectivity index (χ4v) is 4.18. The molecule has 2 heterocycles. The first-order chi connectivity index (χ1) is 10.9. The van der Waals surface area contributed by atoms with E-state index in [1.807, 2.05) is 12.3 Å². The van der Waals surface area contributed by atoms with Crippen LogP contribution in [-0.4, -0.2) is 18.6 Å². The van der Waals surface area contributed by atoms with Gasteiger partial charge in [-0.25, -0.2) is 4.98 Å². The predicted molar refractivity (Wildman–Crippen MR) is 86.1 cm³/mol. The van der Waals surface area contributed by atoms with Crippen molar-refractivity contribution in [1.29, 1.82) is 0 Å². The van der Waals surface area contributed by atoms with Crippen LogP contribution in [-0.2, 0) is 10.1 Å². The third kappa shape index (κ3) is 3.13. The third-order valence-corrected chi connectivity index (χ3v) is 5.65. The van der Waals surface area contributed by atoms with Gasteiger partial charge in [0.1, 0.15) is 16.5 Å². The van der Waals surface area contributed by atoms with Crippen molar-refractivity contribution in [2.45, 2.75) is 25.7 Å². The van der Waals surface area contributed by atoms with E-state index < -0.39 is 10.1 Å². The Morgan fingerprint density at radius 3 is 2.35 bits per heavy atom. The molecule has 23 heavy (non-hydrogen) atoms. The highest BCUT2D eigenvalue weighted by molar-refractivity contribution is 7.87. The van der Waals surface area contributed by atoms with Gasteiger partial charge in [-0.2, -0.15) is 8.42 Å². The highest BCUT2D eigenvalue weighted by atomic mass is 32.2. The summed E-state index contributed by atoms with van der Waals surface area (Å²) in [7, 11) is -3.97. The van der Waals surface area contributed by atoms with E-state index in [4.69, 9.17) is 8.71 Å². The van der Waals surface area contributed by atoms with Gasteiger partial charge in [0.05, 0.1) is 0 Å². The lowest BCUT2D eigenvalue weighted by Crippen LogP contribution is -2.11. The number of benzene rings is 1. The molecule has 0 bridgehead atoms. The van der Waals surface area contributed by atoms with Gasteiger partial charge in [-0.05, 0) is 45.0 Å². The molecular weight excluding hydrogens is 336 g/mol. The zero-order valence-corrected chi connectivity index (χ0v) is 14.4. The molecule has 120 valence electrons. The van der Waals surface area contributed by atoms with Crippen LogP contribution in [0.1, 0.15) is 17.1 Å². The van der Waals surface area contributed by atoms with E-state index in [1.54, 1.807) is 31.2 Å². The Morgan fingerprint density at radius 2 is 1.83 bits per heavy atom. The maximum Gasteiger partial charge on any atom is 0.344 e. The van der Waals surface area contributed by atoms with Crippen LogP contribution in [0, 0.1) is 20.8 Å². The van der Waals surface area contributed by atoms with Crippen molar-refractivity contribution in [3.63, 3.8) is 0 Å². The predicted octanol–water partition coefficient (Wildman–Crippen LogP) is 3.49. The second-order valence-corrected chi connectivity index (χ2v) is 7.35. The number of hydrogen-bond acceptors (Lipinski definition) is 7. The number of aryl methyl sites for hydroxylation is 3. The van der Waals surface area contributed by atoms with Crippen molar-refractivity contribution in [2.75, 3.05) is 0 Å². The van der Waals surface area contributed by atoms with Crippen LogP contribution in [0.5, 0.6) is 5.75 Å². The standard InChI is InChI=1S/C15H14N2O4S2/c1-9-8-22-15(16-9)12-4-6-13(7-5-12)21-23(18,19)14-10(2)17-20-11(14)3/h4-8H,1-3H3. The summed E-state index contributed by atoms with van der Waals surface area (Å²) in [6.07, 6.45) is 0. The lowest BCUT2D eigenvalue weighted by atomic mass is 10.2. The van der Waals surface area contributed by atoms with Crippen LogP contribution in [0.4, 0.5) is 0 Å². The van der Waals surface area contributed by atoms with E-state index in [0.29, 0.717) is 0 Å². The number of aromatic nitrogens is 2. The molecule has 0 aliphatic heterocycles. The largest absolute Gasteiger partial charge is 0.379 e. The van der Waals surface area contributed by atoms with Gasteiger partial charge in [0, 0.05) is 16.6 Å². The molecule has 0 saturated heterocycles. The molecule has 3 aromatic rings. The number of thiazole rings is 1. The summed E-state index contributed by atoms with van der Waals surface area (Å²) in [5, 5.41) is 6.48. The van der Waals surface area contributed by atoms with Crippen molar-refractivity contribution in [2.24, 2.45) is 0 Å². The summed E-state index contributed by atoms with van der Waals surface area (Å²) in [5.74, 6) is 0.430. The Labute approximate surface area is 137 Å². The van der Waals surface area contributed by atoms with E-state index >= 15 is 0 Å². The lowest BCUT2D eigenvalue weighted by molar-refractivity contribution is 0.390. The summed E-state index contributed by atoms with van der Waals surface area (Å²) in [5.41, 5.74) is 2.13. The van der Waals surface area contributed by atoms with E-state index in [0.717, 1.165) is 16.3 Å². The molecule has 3 rings (SSSR count). The summed E-state index contributed by atoms with van der Waals surface area (Å²) in [6, 6.07) is 6.75. The van der Waals surface area contributed by atoms with Crippen molar-refractivity contribution in [1.82, 2.24) is 10.1 Å². The van der Waals surface area contributed by atoms with E-state index in [-0.39, 0.29) is 22.1 Å². The van der Waals surface area contributed by atoms with Gasteiger partial charge in [0.2, 0.25) is 0 Å². The normalized spacial score (nSPS) is 11.6. The molecule has 0 saturated carbocycles. The van der Waals surface area contributed by atoms with Crippen molar-refractivity contribution < 1.29 is 17.1 Å². The van der Waals surface area contributed by atoms with Gasteiger partial charge in [0.25, 0.3) is 0 Å². The molecule has 0 N–H and O–H groups in total. The van der Waals surface area contributed by atoms with E-state index in [1.165, 1.54) is 18.3 Å². The van der Waals surface area contributed by atoms with Gasteiger partial charge >= 0.3 is 10.1 Å². The Bertz CT molecular complexity index is 921. The smallest absolute Gasteiger partial charge is 0.344 e. The van der Waals surface area contributed by atoms with E-state index in [9.17, 15) is 8.42 Å². The fraction of sp³-hybridized carbons (Fsp3) is 0.200. The maximum absolute atomic E-state index is 12.3. The van der Waals surface area contributed by atoms with Gasteiger partial charge in [0.15, 0.2) is 10.7 Å². The first-order valence-electron chi connectivity index (χ1n) is 6.77. The SMILES string of the molecule is Cc1csc(-c2ccc(OS(=O)(=O)c3c(C)noc3C)cc2)n1. The molecule has 0 atom stereocenters. The van der Waals surface area contributed by atoms with Crippen molar-refractivity contribution >= 4 is 21.5 Å². The van der Waals surface area contributed by atoms with Gasteiger partial charge < -0.3 is 8.71 Å². The molecule has 1 aromatic carbocycles. The van der Waals surface area contributed by atoms with Crippen LogP contribution in [0.2, 0.25) is 0 Å². The second kappa shape index (κ2) is 5.78. The van der Waals surface area contributed by atoms with Gasteiger partial charge in [-0.1, -0.05) is 5.16 Å². The zero-order valence-electron chi connectivity index (χ0n) is 12.7. The molecular formula is C15H14N2O4S2. The quantitative estimate of drug-likeness (QED) is 0.670. The highest BCUT2D eigenvalue weighted by Crippen LogP contribution is 2.28. The Morgan fingerprint density at radius 1 is 1.13 bits per heavy atom. The van der Waals surface area contributed by atoms with Crippen LogP contribution in [0.15, 0.2) is 39.1 Å². The van der Waals surface area contributed by atoms with Crippen molar-refractivity contribution in [3.8, 4) is 16.3 Å². The van der Waals surface area contributed by atoms with Crippen LogP contribution in [0.25, 0.3) is 10.6 Å². The van der Waals surface area contributed by atoms with Crippen LogP contribution >= 0.6 is 11.3 Å².